The van der Waals surface area contributed by atoms with Crippen LogP contribution in [0.2, 0.25) is 0 Å². The minimum absolute atomic E-state index is 0.149. The number of carboxylic acids is 1. The Kier molecular flexibility index (Phi) is 6.58. The summed E-state index contributed by atoms with van der Waals surface area (Å²) >= 11 is 1.49. The first kappa shape index (κ1) is 19.4. The van der Waals surface area contributed by atoms with Gasteiger partial charge in [-0.2, -0.15) is 0 Å². The van der Waals surface area contributed by atoms with Crippen LogP contribution in [0.1, 0.15) is 53.7 Å². The van der Waals surface area contributed by atoms with Crippen LogP contribution in [0.5, 0.6) is 0 Å². The van der Waals surface area contributed by atoms with Gasteiger partial charge in [-0.1, -0.05) is 20.8 Å². The second kappa shape index (κ2) is 8.47. The van der Waals surface area contributed by atoms with Gasteiger partial charge in [-0.05, 0) is 49.1 Å². The third kappa shape index (κ3) is 5.56. The minimum Gasteiger partial charge on any atom is -0.480 e. The number of aliphatic carboxylic acids is 1. The standard InChI is InChI=1S/C18H26N2O4S/c1-10(2)6-13(18(23)24)20-16(21)9-19-17(22)15-8-12-7-11(3)4-5-14(12)25-15/h8,10-11,13H,4-7,9H2,1-3H3,(H,19,22)(H,20,21)(H,23,24)/t11?,13-/m0/s1. The normalized spacial score (nSPS) is 17.7. The van der Waals surface area contributed by atoms with Crippen molar-refractivity contribution in [1.29, 1.82) is 0 Å². The summed E-state index contributed by atoms with van der Waals surface area (Å²) in [5, 5.41) is 14.2. The van der Waals surface area contributed by atoms with Crippen LogP contribution in [-0.4, -0.2) is 35.5 Å². The molecule has 1 aromatic heterocycles. The highest BCUT2D eigenvalue weighted by Gasteiger charge is 2.23. The molecule has 25 heavy (non-hydrogen) atoms. The molecule has 0 radical (unpaired) electrons. The smallest absolute Gasteiger partial charge is 0.326 e. The summed E-state index contributed by atoms with van der Waals surface area (Å²) in [6.07, 6.45) is 3.49. The number of amides is 2. The number of carbonyl (C=O) groups is 3. The monoisotopic (exact) mass is 366 g/mol. The van der Waals surface area contributed by atoms with E-state index in [-0.39, 0.29) is 18.4 Å². The van der Waals surface area contributed by atoms with Crippen molar-refractivity contribution < 1.29 is 19.5 Å². The number of fused-ring (bicyclic) bond motifs is 1. The zero-order valence-corrected chi connectivity index (χ0v) is 15.7. The highest BCUT2D eigenvalue weighted by atomic mass is 32.1. The first-order valence-corrected chi connectivity index (χ1v) is 9.49. The largest absolute Gasteiger partial charge is 0.480 e. The third-order valence-electron chi connectivity index (χ3n) is 4.30. The molecule has 0 fully saturated rings. The Hall–Kier alpha value is -1.89. The van der Waals surface area contributed by atoms with Gasteiger partial charge in [0.1, 0.15) is 6.04 Å². The summed E-state index contributed by atoms with van der Waals surface area (Å²) in [6.45, 7) is 5.77. The summed E-state index contributed by atoms with van der Waals surface area (Å²) in [7, 11) is 0. The van der Waals surface area contributed by atoms with E-state index in [2.05, 4.69) is 17.6 Å². The zero-order chi connectivity index (χ0) is 18.6. The molecule has 1 heterocycles. The lowest BCUT2D eigenvalue weighted by Crippen LogP contribution is -2.46. The van der Waals surface area contributed by atoms with Crippen LogP contribution in [0.4, 0.5) is 0 Å². The molecule has 0 aliphatic heterocycles. The molecule has 3 N–H and O–H groups in total. The molecule has 2 atom stereocenters. The van der Waals surface area contributed by atoms with E-state index in [0.29, 0.717) is 17.2 Å². The van der Waals surface area contributed by atoms with Crippen LogP contribution in [0.3, 0.4) is 0 Å². The van der Waals surface area contributed by atoms with Gasteiger partial charge in [-0.15, -0.1) is 11.3 Å². The first-order chi connectivity index (χ1) is 11.8. The lowest BCUT2D eigenvalue weighted by atomic mass is 9.90. The fourth-order valence-electron chi connectivity index (χ4n) is 3.00. The van der Waals surface area contributed by atoms with E-state index in [0.717, 1.165) is 19.3 Å². The van der Waals surface area contributed by atoms with Crippen LogP contribution in [-0.2, 0) is 22.4 Å². The predicted octanol–water partition coefficient (Wildman–Crippen LogP) is 2.22. The summed E-state index contributed by atoms with van der Waals surface area (Å²) in [5.41, 5.74) is 1.24. The molecular formula is C18H26N2O4S. The molecular weight excluding hydrogens is 340 g/mol. The molecule has 1 aliphatic rings. The second-order valence-electron chi connectivity index (χ2n) is 7.18. The van der Waals surface area contributed by atoms with Crippen LogP contribution >= 0.6 is 11.3 Å². The number of thiophene rings is 1. The number of rotatable bonds is 7. The Labute approximate surface area is 152 Å². The van der Waals surface area contributed by atoms with Crippen molar-refractivity contribution in [3.05, 3.63) is 21.4 Å². The van der Waals surface area contributed by atoms with Gasteiger partial charge in [0.15, 0.2) is 0 Å². The van der Waals surface area contributed by atoms with Gasteiger partial charge in [0.25, 0.3) is 5.91 Å². The summed E-state index contributed by atoms with van der Waals surface area (Å²) < 4.78 is 0. The average Bonchev–Trinajstić information content (AvgIpc) is 2.94. The van der Waals surface area contributed by atoms with Crippen molar-refractivity contribution >= 4 is 29.1 Å². The molecule has 2 rings (SSSR count). The van der Waals surface area contributed by atoms with E-state index in [9.17, 15) is 14.4 Å². The molecule has 138 valence electrons. The molecule has 0 spiro atoms. The van der Waals surface area contributed by atoms with Gasteiger partial charge < -0.3 is 15.7 Å². The van der Waals surface area contributed by atoms with Gasteiger partial charge in [0.05, 0.1) is 11.4 Å². The number of carboxylic acid groups (broad SMARTS) is 1. The molecule has 0 saturated heterocycles. The minimum atomic E-state index is -1.06. The molecule has 1 aliphatic carbocycles. The van der Waals surface area contributed by atoms with Crippen molar-refractivity contribution in [2.45, 2.75) is 52.5 Å². The number of carbonyl (C=O) groups excluding carboxylic acids is 2. The SMILES string of the molecule is CC(C)C[C@H](NC(=O)CNC(=O)c1cc2c(s1)CCC(C)C2)C(=O)O. The van der Waals surface area contributed by atoms with Crippen LogP contribution in [0.25, 0.3) is 0 Å². The fraction of sp³-hybridized carbons (Fsp3) is 0.611. The lowest BCUT2D eigenvalue weighted by Gasteiger charge is -2.16. The van der Waals surface area contributed by atoms with E-state index >= 15 is 0 Å². The summed E-state index contributed by atoms with van der Waals surface area (Å²) in [4.78, 5) is 37.2. The van der Waals surface area contributed by atoms with Crippen molar-refractivity contribution in [3.8, 4) is 0 Å². The summed E-state index contributed by atoms with van der Waals surface area (Å²) in [6, 6.07) is 0.988. The maximum atomic E-state index is 12.2. The van der Waals surface area contributed by atoms with E-state index in [1.54, 1.807) is 0 Å². The van der Waals surface area contributed by atoms with Crippen molar-refractivity contribution in [1.82, 2.24) is 10.6 Å². The number of hydrogen-bond donors (Lipinski definition) is 3. The second-order valence-corrected chi connectivity index (χ2v) is 8.31. The quantitative estimate of drug-likeness (QED) is 0.689. The molecule has 2 amide bonds. The van der Waals surface area contributed by atoms with Gasteiger partial charge in [-0.25, -0.2) is 4.79 Å². The van der Waals surface area contributed by atoms with E-state index < -0.39 is 17.9 Å². The maximum absolute atomic E-state index is 12.2. The molecule has 1 aromatic rings. The van der Waals surface area contributed by atoms with Gasteiger partial charge >= 0.3 is 5.97 Å². The first-order valence-electron chi connectivity index (χ1n) is 8.68. The number of aryl methyl sites for hydroxylation is 1. The van der Waals surface area contributed by atoms with Crippen molar-refractivity contribution in [3.63, 3.8) is 0 Å². The van der Waals surface area contributed by atoms with E-state index in [1.165, 1.54) is 21.8 Å². The Bertz CT molecular complexity index is 654. The Morgan fingerprint density at radius 1 is 1.36 bits per heavy atom. The Morgan fingerprint density at radius 2 is 2.08 bits per heavy atom. The van der Waals surface area contributed by atoms with Crippen LogP contribution in [0.15, 0.2) is 6.07 Å². The molecule has 0 aromatic carbocycles. The number of nitrogens with one attached hydrogen (secondary N) is 2. The average molecular weight is 366 g/mol. The fourth-order valence-corrected chi connectivity index (χ4v) is 4.13. The highest BCUT2D eigenvalue weighted by Crippen LogP contribution is 2.32. The molecule has 1 unspecified atom stereocenters. The lowest BCUT2D eigenvalue weighted by molar-refractivity contribution is -0.142. The maximum Gasteiger partial charge on any atom is 0.326 e. The van der Waals surface area contributed by atoms with E-state index in [4.69, 9.17) is 5.11 Å². The topological polar surface area (TPSA) is 95.5 Å². The molecule has 6 nitrogen and oxygen atoms in total. The number of hydrogen-bond acceptors (Lipinski definition) is 4. The van der Waals surface area contributed by atoms with E-state index in [1.807, 2.05) is 19.9 Å². The third-order valence-corrected chi connectivity index (χ3v) is 5.54. The van der Waals surface area contributed by atoms with Crippen molar-refractivity contribution in [2.75, 3.05) is 6.54 Å². The Morgan fingerprint density at radius 3 is 2.72 bits per heavy atom. The molecule has 0 saturated carbocycles. The van der Waals surface area contributed by atoms with Gasteiger partial charge in [-0.3, -0.25) is 9.59 Å². The van der Waals surface area contributed by atoms with Crippen LogP contribution in [0, 0.1) is 11.8 Å². The summed E-state index contributed by atoms with van der Waals surface area (Å²) in [5.74, 6) is -1.05. The zero-order valence-electron chi connectivity index (χ0n) is 14.9. The van der Waals surface area contributed by atoms with Crippen molar-refractivity contribution in [2.24, 2.45) is 11.8 Å². The Balaban J connectivity index is 1.87. The van der Waals surface area contributed by atoms with Gasteiger partial charge in [0.2, 0.25) is 5.91 Å². The van der Waals surface area contributed by atoms with Crippen LogP contribution < -0.4 is 10.6 Å². The molecule has 0 bridgehead atoms. The molecule has 7 heteroatoms. The van der Waals surface area contributed by atoms with Gasteiger partial charge in [0, 0.05) is 4.88 Å². The predicted molar refractivity (Wildman–Crippen MR) is 96.9 cm³/mol. The highest BCUT2D eigenvalue weighted by molar-refractivity contribution is 7.14.